The molecular formula is C18H26N2O. The van der Waals surface area contributed by atoms with Gasteiger partial charge in [0.2, 0.25) is 0 Å². The van der Waals surface area contributed by atoms with E-state index in [1.807, 2.05) is 6.07 Å². The predicted molar refractivity (Wildman–Crippen MR) is 88.1 cm³/mol. The van der Waals surface area contributed by atoms with E-state index >= 15 is 0 Å². The summed E-state index contributed by atoms with van der Waals surface area (Å²) in [5, 5.41) is 0. The quantitative estimate of drug-likeness (QED) is 0.791. The Morgan fingerprint density at radius 2 is 1.90 bits per heavy atom. The number of rotatable bonds is 4. The first kappa shape index (κ1) is 14.5. The van der Waals surface area contributed by atoms with Gasteiger partial charge in [0.25, 0.3) is 0 Å². The molecule has 0 unspecified atom stereocenters. The highest BCUT2D eigenvalue weighted by atomic mass is 16.5. The van der Waals surface area contributed by atoms with Crippen LogP contribution < -0.4 is 9.64 Å². The zero-order chi connectivity index (χ0) is 14.5. The van der Waals surface area contributed by atoms with Gasteiger partial charge in [-0.3, -0.25) is 4.90 Å². The van der Waals surface area contributed by atoms with Gasteiger partial charge in [0.05, 0.1) is 12.8 Å². The van der Waals surface area contributed by atoms with Gasteiger partial charge in [0.1, 0.15) is 5.75 Å². The molecule has 0 bridgehead atoms. The third kappa shape index (κ3) is 3.59. The number of ether oxygens (including phenoxy) is 1. The smallest absolute Gasteiger partial charge is 0.142 e. The number of para-hydroxylation sites is 2. The fraction of sp³-hybridized carbons (Fsp3) is 0.556. The van der Waals surface area contributed by atoms with Gasteiger partial charge in [0, 0.05) is 32.7 Å². The molecule has 3 nitrogen and oxygen atoms in total. The van der Waals surface area contributed by atoms with E-state index in [0.29, 0.717) is 0 Å². The molecule has 0 N–H and O–H groups in total. The molecule has 0 saturated carbocycles. The zero-order valence-electron chi connectivity index (χ0n) is 13.0. The van der Waals surface area contributed by atoms with E-state index in [2.05, 4.69) is 40.2 Å². The van der Waals surface area contributed by atoms with Crippen molar-refractivity contribution in [1.82, 2.24) is 4.90 Å². The number of piperazine rings is 1. The summed E-state index contributed by atoms with van der Waals surface area (Å²) in [5.74, 6) is 1.86. The largest absolute Gasteiger partial charge is 0.495 e. The molecule has 21 heavy (non-hydrogen) atoms. The Morgan fingerprint density at radius 3 is 2.62 bits per heavy atom. The molecule has 1 aromatic carbocycles. The Labute approximate surface area is 128 Å². The number of methoxy groups -OCH3 is 1. The second-order valence-electron chi connectivity index (χ2n) is 6.11. The van der Waals surface area contributed by atoms with E-state index in [0.717, 1.165) is 37.8 Å². The van der Waals surface area contributed by atoms with Gasteiger partial charge in [-0.2, -0.15) is 0 Å². The van der Waals surface area contributed by atoms with Crippen molar-refractivity contribution in [3.8, 4) is 5.75 Å². The third-order valence-electron chi connectivity index (χ3n) is 4.69. The lowest BCUT2D eigenvalue weighted by molar-refractivity contribution is 0.211. The van der Waals surface area contributed by atoms with E-state index < -0.39 is 0 Å². The number of nitrogens with zero attached hydrogens (tertiary/aromatic N) is 2. The summed E-state index contributed by atoms with van der Waals surface area (Å²) in [5.41, 5.74) is 1.24. The highest BCUT2D eigenvalue weighted by Crippen LogP contribution is 2.28. The van der Waals surface area contributed by atoms with Crippen molar-refractivity contribution in [2.45, 2.75) is 19.3 Å². The van der Waals surface area contributed by atoms with Crippen LogP contribution in [0.2, 0.25) is 0 Å². The van der Waals surface area contributed by atoms with Gasteiger partial charge < -0.3 is 9.64 Å². The van der Waals surface area contributed by atoms with Crippen LogP contribution in [0.15, 0.2) is 36.4 Å². The Kier molecular flexibility index (Phi) is 4.81. The van der Waals surface area contributed by atoms with Crippen LogP contribution in [-0.4, -0.2) is 44.7 Å². The Balaban J connectivity index is 1.54. The average Bonchev–Trinajstić information content (AvgIpc) is 2.56. The number of benzene rings is 1. The van der Waals surface area contributed by atoms with Crippen LogP contribution in [0, 0.1) is 5.92 Å². The zero-order valence-corrected chi connectivity index (χ0v) is 13.0. The minimum absolute atomic E-state index is 0.868. The molecule has 0 aromatic heterocycles. The SMILES string of the molecule is COc1ccccc1N1CCN(C[C@H]2CC=CCC2)CC1. The fourth-order valence-electron chi connectivity index (χ4n) is 3.45. The maximum atomic E-state index is 5.48. The third-order valence-corrected chi connectivity index (χ3v) is 4.69. The van der Waals surface area contributed by atoms with Crippen molar-refractivity contribution in [2.24, 2.45) is 5.92 Å². The molecule has 1 aliphatic heterocycles. The Bertz CT molecular complexity index is 478. The van der Waals surface area contributed by atoms with Gasteiger partial charge in [-0.1, -0.05) is 24.3 Å². The maximum absolute atomic E-state index is 5.48. The van der Waals surface area contributed by atoms with Crippen LogP contribution in [0.5, 0.6) is 5.75 Å². The number of allylic oxidation sites excluding steroid dienone is 2. The first-order valence-electron chi connectivity index (χ1n) is 8.12. The van der Waals surface area contributed by atoms with E-state index in [1.54, 1.807) is 7.11 Å². The van der Waals surface area contributed by atoms with Crippen LogP contribution in [0.25, 0.3) is 0 Å². The summed E-state index contributed by atoms with van der Waals surface area (Å²) in [6, 6.07) is 8.35. The van der Waals surface area contributed by atoms with Crippen LogP contribution in [0.1, 0.15) is 19.3 Å². The molecule has 114 valence electrons. The van der Waals surface area contributed by atoms with Crippen molar-refractivity contribution in [3.63, 3.8) is 0 Å². The molecule has 1 aromatic rings. The molecular weight excluding hydrogens is 260 g/mol. The molecule has 0 radical (unpaired) electrons. The number of hydrogen-bond acceptors (Lipinski definition) is 3. The van der Waals surface area contributed by atoms with Crippen molar-refractivity contribution >= 4 is 5.69 Å². The molecule has 2 aliphatic rings. The van der Waals surface area contributed by atoms with E-state index in [4.69, 9.17) is 4.74 Å². The minimum atomic E-state index is 0.868. The highest BCUT2D eigenvalue weighted by Gasteiger charge is 2.21. The molecule has 1 heterocycles. The topological polar surface area (TPSA) is 15.7 Å². The second kappa shape index (κ2) is 6.99. The minimum Gasteiger partial charge on any atom is -0.495 e. The van der Waals surface area contributed by atoms with E-state index in [1.165, 1.54) is 31.5 Å². The maximum Gasteiger partial charge on any atom is 0.142 e. The predicted octanol–water partition coefficient (Wildman–Crippen LogP) is 3.17. The summed E-state index contributed by atoms with van der Waals surface area (Å²) in [6.45, 7) is 5.80. The molecule has 1 atom stereocenters. The number of hydrogen-bond donors (Lipinski definition) is 0. The lowest BCUT2D eigenvalue weighted by atomic mass is 9.94. The van der Waals surface area contributed by atoms with Crippen LogP contribution in [-0.2, 0) is 0 Å². The van der Waals surface area contributed by atoms with Gasteiger partial charge in [0.15, 0.2) is 0 Å². The monoisotopic (exact) mass is 286 g/mol. The molecule has 3 rings (SSSR count). The van der Waals surface area contributed by atoms with Crippen molar-refractivity contribution in [3.05, 3.63) is 36.4 Å². The van der Waals surface area contributed by atoms with Gasteiger partial charge in [-0.15, -0.1) is 0 Å². The van der Waals surface area contributed by atoms with E-state index in [-0.39, 0.29) is 0 Å². The summed E-state index contributed by atoms with van der Waals surface area (Å²) in [4.78, 5) is 5.09. The van der Waals surface area contributed by atoms with Gasteiger partial charge >= 0.3 is 0 Å². The lowest BCUT2D eigenvalue weighted by Crippen LogP contribution is -2.48. The van der Waals surface area contributed by atoms with E-state index in [9.17, 15) is 0 Å². The van der Waals surface area contributed by atoms with Gasteiger partial charge in [-0.25, -0.2) is 0 Å². The van der Waals surface area contributed by atoms with Crippen molar-refractivity contribution < 1.29 is 4.74 Å². The number of anilines is 1. The molecule has 1 fully saturated rings. The first-order chi connectivity index (χ1) is 10.4. The van der Waals surface area contributed by atoms with Crippen LogP contribution in [0.3, 0.4) is 0 Å². The Hall–Kier alpha value is -1.48. The van der Waals surface area contributed by atoms with Crippen LogP contribution >= 0.6 is 0 Å². The summed E-state index contributed by atoms with van der Waals surface area (Å²) in [6.07, 6.45) is 8.59. The summed E-state index contributed by atoms with van der Waals surface area (Å²) >= 11 is 0. The van der Waals surface area contributed by atoms with Crippen molar-refractivity contribution in [2.75, 3.05) is 44.7 Å². The normalized spacial score (nSPS) is 23.3. The second-order valence-corrected chi connectivity index (χ2v) is 6.11. The summed E-state index contributed by atoms with van der Waals surface area (Å²) < 4.78 is 5.48. The molecule has 1 aliphatic carbocycles. The van der Waals surface area contributed by atoms with Crippen molar-refractivity contribution in [1.29, 1.82) is 0 Å². The van der Waals surface area contributed by atoms with Crippen LogP contribution in [0.4, 0.5) is 5.69 Å². The summed E-state index contributed by atoms with van der Waals surface area (Å²) in [7, 11) is 1.76. The standard InChI is InChI=1S/C18H26N2O/c1-21-18-10-6-5-9-17(18)20-13-11-19(12-14-20)15-16-7-3-2-4-8-16/h2-3,5-6,9-10,16H,4,7-8,11-15H2,1H3/t16-/m0/s1. The molecule has 1 saturated heterocycles. The molecule has 0 spiro atoms. The molecule has 0 amide bonds. The first-order valence-corrected chi connectivity index (χ1v) is 8.12. The van der Waals surface area contributed by atoms with Gasteiger partial charge in [-0.05, 0) is 37.3 Å². The fourth-order valence-corrected chi connectivity index (χ4v) is 3.45. The average molecular weight is 286 g/mol. The molecule has 3 heteroatoms. The highest BCUT2D eigenvalue weighted by molar-refractivity contribution is 5.58. The lowest BCUT2D eigenvalue weighted by Gasteiger charge is -2.38. The Morgan fingerprint density at radius 1 is 1.10 bits per heavy atom.